The number of carbonyl (C=O) groups excluding carboxylic acids is 1. The SMILES string of the molecule is O=C(Cc1ccc(F)cc1)N1CC2(CC[C@H](CN3CCOCC3)CO2)C1. The fourth-order valence-electron chi connectivity index (χ4n) is 4.17. The number of benzene rings is 1. The van der Waals surface area contributed by atoms with Crippen LogP contribution in [-0.4, -0.2) is 73.9 Å². The number of likely N-dealkylation sites (tertiary alicyclic amines) is 1. The van der Waals surface area contributed by atoms with Crippen molar-refractivity contribution in [3.05, 3.63) is 35.6 Å². The maximum atomic E-state index is 13.0. The number of ether oxygens (including phenoxy) is 2. The molecule has 3 aliphatic heterocycles. The second-order valence-electron chi connectivity index (χ2n) is 7.86. The molecule has 3 heterocycles. The molecular formula is C20H27FN2O3. The molecule has 0 saturated carbocycles. The molecule has 0 unspecified atom stereocenters. The van der Waals surface area contributed by atoms with Crippen molar-refractivity contribution in [2.75, 3.05) is 52.5 Å². The summed E-state index contributed by atoms with van der Waals surface area (Å²) < 4.78 is 24.6. The predicted octanol–water partition coefficient (Wildman–Crippen LogP) is 1.71. The highest BCUT2D eigenvalue weighted by molar-refractivity contribution is 5.79. The van der Waals surface area contributed by atoms with E-state index in [1.165, 1.54) is 12.1 Å². The Morgan fingerprint density at radius 3 is 2.58 bits per heavy atom. The zero-order chi connectivity index (χ0) is 18.0. The summed E-state index contributed by atoms with van der Waals surface area (Å²) in [6.07, 6.45) is 2.52. The van der Waals surface area contributed by atoms with E-state index >= 15 is 0 Å². The van der Waals surface area contributed by atoms with Crippen LogP contribution >= 0.6 is 0 Å². The summed E-state index contributed by atoms with van der Waals surface area (Å²) in [5.74, 6) is 0.412. The van der Waals surface area contributed by atoms with Gasteiger partial charge < -0.3 is 14.4 Å². The Bertz CT molecular complexity index is 614. The van der Waals surface area contributed by atoms with E-state index in [0.29, 0.717) is 25.4 Å². The Morgan fingerprint density at radius 1 is 1.19 bits per heavy atom. The zero-order valence-corrected chi connectivity index (χ0v) is 15.2. The second-order valence-corrected chi connectivity index (χ2v) is 7.86. The number of amides is 1. The van der Waals surface area contributed by atoms with Crippen LogP contribution in [0.5, 0.6) is 0 Å². The van der Waals surface area contributed by atoms with Gasteiger partial charge in [-0.3, -0.25) is 9.69 Å². The summed E-state index contributed by atoms with van der Waals surface area (Å²) in [5.41, 5.74) is 0.729. The monoisotopic (exact) mass is 362 g/mol. The molecule has 4 rings (SSSR count). The van der Waals surface area contributed by atoms with E-state index in [4.69, 9.17) is 9.47 Å². The van der Waals surface area contributed by atoms with Crippen LogP contribution in [0.4, 0.5) is 4.39 Å². The van der Waals surface area contributed by atoms with Gasteiger partial charge in [-0.15, -0.1) is 0 Å². The topological polar surface area (TPSA) is 42.0 Å². The highest BCUT2D eigenvalue weighted by Crippen LogP contribution is 2.36. The lowest BCUT2D eigenvalue weighted by Gasteiger charge is -2.53. The van der Waals surface area contributed by atoms with Crippen LogP contribution in [0.15, 0.2) is 24.3 Å². The molecule has 3 fully saturated rings. The molecule has 0 bridgehead atoms. The molecule has 0 aromatic heterocycles. The van der Waals surface area contributed by atoms with E-state index in [-0.39, 0.29) is 17.3 Å². The molecular weight excluding hydrogens is 335 g/mol. The molecule has 1 spiro atoms. The molecule has 1 aromatic carbocycles. The van der Waals surface area contributed by atoms with Crippen molar-refractivity contribution in [1.82, 2.24) is 9.80 Å². The van der Waals surface area contributed by atoms with Crippen LogP contribution in [-0.2, 0) is 20.7 Å². The average molecular weight is 362 g/mol. The number of carbonyl (C=O) groups is 1. The normalized spacial score (nSPS) is 25.9. The standard InChI is InChI=1S/C20H27FN2O3/c21-18-3-1-16(2-4-18)11-19(24)23-14-20(15-23)6-5-17(13-26-20)12-22-7-9-25-10-8-22/h1-4,17H,5-15H2/t17-/m1/s1. The van der Waals surface area contributed by atoms with Crippen LogP contribution < -0.4 is 0 Å². The van der Waals surface area contributed by atoms with Crippen molar-refractivity contribution < 1.29 is 18.7 Å². The maximum Gasteiger partial charge on any atom is 0.227 e. The first-order chi connectivity index (χ1) is 12.6. The van der Waals surface area contributed by atoms with Gasteiger partial charge in [0.1, 0.15) is 11.4 Å². The number of nitrogens with zero attached hydrogens (tertiary/aromatic N) is 2. The van der Waals surface area contributed by atoms with Gasteiger partial charge in [0.2, 0.25) is 5.91 Å². The number of hydrogen-bond donors (Lipinski definition) is 0. The fraction of sp³-hybridized carbons (Fsp3) is 0.650. The highest BCUT2D eigenvalue weighted by Gasteiger charge is 2.48. The summed E-state index contributed by atoms with van der Waals surface area (Å²) in [6.45, 7) is 6.98. The number of halogens is 1. The summed E-state index contributed by atoms with van der Waals surface area (Å²) in [5, 5.41) is 0. The molecule has 3 aliphatic rings. The summed E-state index contributed by atoms with van der Waals surface area (Å²) in [6, 6.07) is 6.16. The van der Waals surface area contributed by atoms with E-state index in [1.54, 1.807) is 12.1 Å². The van der Waals surface area contributed by atoms with Gasteiger partial charge in [0.05, 0.1) is 39.3 Å². The second kappa shape index (κ2) is 7.62. The van der Waals surface area contributed by atoms with Crippen molar-refractivity contribution in [3.8, 4) is 0 Å². The highest BCUT2D eigenvalue weighted by atomic mass is 19.1. The van der Waals surface area contributed by atoms with E-state index in [2.05, 4.69) is 4.90 Å². The van der Waals surface area contributed by atoms with E-state index in [0.717, 1.165) is 57.9 Å². The van der Waals surface area contributed by atoms with Gasteiger partial charge in [0, 0.05) is 19.6 Å². The molecule has 6 heteroatoms. The summed E-state index contributed by atoms with van der Waals surface area (Å²) in [4.78, 5) is 16.7. The maximum absolute atomic E-state index is 13.0. The Kier molecular flexibility index (Phi) is 5.25. The predicted molar refractivity (Wildman–Crippen MR) is 95.4 cm³/mol. The average Bonchev–Trinajstić information content (AvgIpc) is 2.63. The minimum absolute atomic E-state index is 0.0984. The third-order valence-electron chi connectivity index (χ3n) is 5.83. The Balaban J connectivity index is 1.20. The fourth-order valence-corrected chi connectivity index (χ4v) is 4.17. The molecule has 5 nitrogen and oxygen atoms in total. The quantitative estimate of drug-likeness (QED) is 0.818. The molecule has 26 heavy (non-hydrogen) atoms. The first kappa shape index (κ1) is 17.9. The number of morpholine rings is 1. The third-order valence-corrected chi connectivity index (χ3v) is 5.83. The Morgan fingerprint density at radius 2 is 1.92 bits per heavy atom. The van der Waals surface area contributed by atoms with Crippen molar-refractivity contribution in [3.63, 3.8) is 0 Å². The van der Waals surface area contributed by atoms with Crippen molar-refractivity contribution >= 4 is 5.91 Å². The molecule has 0 aliphatic carbocycles. The van der Waals surface area contributed by atoms with Gasteiger partial charge in [0.25, 0.3) is 0 Å². The first-order valence-corrected chi connectivity index (χ1v) is 9.58. The van der Waals surface area contributed by atoms with Gasteiger partial charge in [0.15, 0.2) is 0 Å². The third kappa shape index (κ3) is 4.08. The molecule has 1 atom stereocenters. The molecule has 1 amide bonds. The summed E-state index contributed by atoms with van der Waals surface area (Å²) >= 11 is 0. The van der Waals surface area contributed by atoms with Gasteiger partial charge in [-0.25, -0.2) is 4.39 Å². The van der Waals surface area contributed by atoms with Gasteiger partial charge in [-0.1, -0.05) is 12.1 Å². The molecule has 3 saturated heterocycles. The largest absolute Gasteiger partial charge is 0.379 e. The lowest BCUT2D eigenvalue weighted by atomic mass is 9.82. The Hall–Kier alpha value is -1.50. The molecule has 0 radical (unpaired) electrons. The van der Waals surface area contributed by atoms with Crippen LogP contribution in [0, 0.1) is 11.7 Å². The smallest absolute Gasteiger partial charge is 0.227 e. The van der Waals surface area contributed by atoms with Crippen LogP contribution in [0.3, 0.4) is 0 Å². The van der Waals surface area contributed by atoms with Crippen LogP contribution in [0.2, 0.25) is 0 Å². The minimum atomic E-state index is -0.272. The van der Waals surface area contributed by atoms with E-state index < -0.39 is 0 Å². The van der Waals surface area contributed by atoms with Crippen molar-refractivity contribution in [2.24, 2.45) is 5.92 Å². The molecule has 0 N–H and O–H groups in total. The van der Waals surface area contributed by atoms with Gasteiger partial charge >= 0.3 is 0 Å². The number of hydrogen-bond acceptors (Lipinski definition) is 4. The van der Waals surface area contributed by atoms with Gasteiger partial charge in [-0.2, -0.15) is 0 Å². The lowest BCUT2D eigenvalue weighted by Crippen LogP contribution is -2.66. The zero-order valence-electron chi connectivity index (χ0n) is 15.2. The van der Waals surface area contributed by atoms with Crippen LogP contribution in [0.25, 0.3) is 0 Å². The van der Waals surface area contributed by atoms with E-state index in [1.807, 2.05) is 4.90 Å². The van der Waals surface area contributed by atoms with Crippen LogP contribution in [0.1, 0.15) is 18.4 Å². The summed E-state index contributed by atoms with van der Waals surface area (Å²) in [7, 11) is 0. The minimum Gasteiger partial charge on any atom is -0.379 e. The first-order valence-electron chi connectivity index (χ1n) is 9.58. The Labute approximate surface area is 154 Å². The molecule has 1 aromatic rings. The van der Waals surface area contributed by atoms with Gasteiger partial charge in [-0.05, 0) is 36.5 Å². The number of rotatable bonds is 4. The lowest BCUT2D eigenvalue weighted by molar-refractivity contribution is -0.189. The molecule has 142 valence electrons. The van der Waals surface area contributed by atoms with Crippen molar-refractivity contribution in [2.45, 2.75) is 24.9 Å². The van der Waals surface area contributed by atoms with Crippen molar-refractivity contribution in [1.29, 1.82) is 0 Å². The van der Waals surface area contributed by atoms with E-state index in [9.17, 15) is 9.18 Å².